The molecule has 2 heteroatoms. The van der Waals surface area contributed by atoms with Crippen molar-refractivity contribution >= 4 is 0 Å². The van der Waals surface area contributed by atoms with Gasteiger partial charge in [-0.2, -0.15) is 0 Å². The number of fused-ring (bicyclic) bond motifs is 3. The lowest BCUT2D eigenvalue weighted by molar-refractivity contribution is -0.660. The van der Waals surface area contributed by atoms with E-state index in [-0.39, 0.29) is 5.41 Å². The first kappa shape index (κ1) is 16.0. The van der Waals surface area contributed by atoms with Gasteiger partial charge in [0.25, 0.3) is 0 Å². The summed E-state index contributed by atoms with van der Waals surface area (Å²) in [6, 6.07) is 13.3. The molecule has 3 aromatic rings. The van der Waals surface area contributed by atoms with Crippen molar-refractivity contribution in [2.75, 3.05) is 0 Å². The van der Waals surface area contributed by atoms with E-state index in [1.54, 1.807) is 0 Å². The summed E-state index contributed by atoms with van der Waals surface area (Å²) in [5, 5.41) is 0. The van der Waals surface area contributed by atoms with Crippen LogP contribution < -0.4 is 4.57 Å². The molecule has 2 nitrogen and oxygen atoms in total. The SMILES string of the molecule is Cc1cc[n+](C)c(-c2c(C)ccc3c2C(C)(C)c2nc(C)ccc2-3)c1. The summed E-state index contributed by atoms with van der Waals surface area (Å²) >= 11 is 0. The highest BCUT2D eigenvalue weighted by atomic mass is 14.9. The van der Waals surface area contributed by atoms with Crippen molar-refractivity contribution in [2.24, 2.45) is 7.05 Å². The van der Waals surface area contributed by atoms with Crippen LogP contribution in [0, 0.1) is 20.8 Å². The van der Waals surface area contributed by atoms with Gasteiger partial charge in [0.05, 0.1) is 11.3 Å². The smallest absolute Gasteiger partial charge is 0.213 e. The molecule has 0 atom stereocenters. The molecular formula is C23H25N2+. The molecule has 4 rings (SSSR count). The van der Waals surface area contributed by atoms with Gasteiger partial charge in [0, 0.05) is 28.8 Å². The average Bonchev–Trinajstić information content (AvgIpc) is 2.78. The minimum absolute atomic E-state index is 0.102. The normalized spacial score (nSPS) is 14.3. The molecule has 0 saturated heterocycles. The maximum atomic E-state index is 4.92. The van der Waals surface area contributed by atoms with Crippen LogP contribution in [0.5, 0.6) is 0 Å². The number of benzene rings is 1. The van der Waals surface area contributed by atoms with E-state index in [1.807, 2.05) is 0 Å². The number of aryl methyl sites for hydroxylation is 4. The summed E-state index contributed by atoms with van der Waals surface area (Å²) in [6.07, 6.45) is 2.15. The fourth-order valence-electron chi connectivity index (χ4n) is 4.20. The van der Waals surface area contributed by atoms with Crippen LogP contribution in [0.1, 0.15) is 41.9 Å². The average molecular weight is 329 g/mol. The molecule has 0 unspecified atom stereocenters. The van der Waals surface area contributed by atoms with Crippen LogP contribution in [0.4, 0.5) is 0 Å². The minimum atomic E-state index is -0.102. The van der Waals surface area contributed by atoms with Gasteiger partial charge in [-0.25, -0.2) is 4.57 Å². The van der Waals surface area contributed by atoms with Gasteiger partial charge in [-0.1, -0.05) is 32.0 Å². The quantitative estimate of drug-likeness (QED) is 0.586. The van der Waals surface area contributed by atoms with Gasteiger partial charge in [-0.05, 0) is 49.1 Å². The molecule has 0 spiro atoms. The summed E-state index contributed by atoms with van der Waals surface area (Å²) in [5.74, 6) is 0. The van der Waals surface area contributed by atoms with Gasteiger partial charge < -0.3 is 0 Å². The maximum Gasteiger partial charge on any atom is 0.213 e. The molecule has 25 heavy (non-hydrogen) atoms. The summed E-state index contributed by atoms with van der Waals surface area (Å²) in [7, 11) is 2.13. The number of nitrogens with zero attached hydrogens (tertiary/aromatic N) is 2. The molecule has 126 valence electrons. The molecule has 0 N–H and O–H groups in total. The standard InChI is InChI=1S/C23H25N2/c1-14-11-12-25(6)19(13-14)20-15(2)7-9-17-18-10-8-16(3)24-22(18)23(4,5)21(17)20/h7-13H,1-6H3/q+1. The Morgan fingerprint density at radius 1 is 0.920 bits per heavy atom. The van der Waals surface area contributed by atoms with Crippen molar-refractivity contribution in [1.29, 1.82) is 0 Å². The Hall–Kier alpha value is -2.48. The summed E-state index contributed by atoms with van der Waals surface area (Å²) < 4.78 is 2.23. The first-order chi connectivity index (χ1) is 11.8. The monoisotopic (exact) mass is 329 g/mol. The van der Waals surface area contributed by atoms with Gasteiger partial charge in [-0.15, -0.1) is 0 Å². The molecule has 0 amide bonds. The molecule has 0 aliphatic heterocycles. The van der Waals surface area contributed by atoms with Crippen LogP contribution in [0.3, 0.4) is 0 Å². The van der Waals surface area contributed by atoms with Crippen molar-refractivity contribution in [3.05, 3.63) is 70.7 Å². The first-order valence-electron chi connectivity index (χ1n) is 8.90. The van der Waals surface area contributed by atoms with Crippen LogP contribution in [-0.2, 0) is 12.5 Å². The molecular weight excluding hydrogens is 304 g/mol. The number of hydrogen-bond acceptors (Lipinski definition) is 1. The van der Waals surface area contributed by atoms with Crippen LogP contribution in [0.15, 0.2) is 42.6 Å². The highest BCUT2D eigenvalue weighted by Crippen LogP contribution is 2.51. The predicted octanol–water partition coefficient (Wildman–Crippen LogP) is 4.80. The predicted molar refractivity (Wildman–Crippen MR) is 103 cm³/mol. The third-order valence-electron chi connectivity index (χ3n) is 5.52. The molecule has 0 radical (unpaired) electrons. The molecule has 1 aliphatic carbocycles. The van der Waals surface area contributed by atoms with E-state index >= 15 is 0 Å². The fourth-order valence-corrected chi connectivity index (χ4v) is 4.20. The Morgan fingerprint density at radius 3 is 2.40 bits per heavy atom. The summed E-state index contributed by atoms with van der Waals surface area (Å²) in [6.45, 7) is 11.1. The van der Waals surface area contributed by atoms with Gasteiger partial charge in [-0.3, -0.25) is 4.98 Å². The van der Waals surface area contributed by atoms with Gasteiger partial charge in [0.1, 0.15) is 7.05 Å². The summed E-state index contributed by atoms with van der Waals surface area (Å²) in [4.78, 5) is 4.92. The minimum Gasteiger partial charge on any atom is -0.257 e. The number of aromatic nitrogens is 2. The third kappa shape index (κ3) is 2.24. The highest BCUT2D eigenvalue weighted by molar-refractivity contribution is 5.87. The molecule has 0 fully saturated rings. The van der Waals surface area contributed by atoms with E-state index in [0.29, 0.717) is 0 Å². The van der Waals surface area contributed by atoms with Crippen LogP contribution in [0.25, 0.3) is 22.4 Å². The van der Waals surface area contributed by atoms with Crippen molar-refractivity contribution in [3.8, 4) is 22.4 Å². The third-order valence-corrected chi connectivity index (χ3v) is 5.52. The van der Waals surface area contributed by atoms with E-state index in [4.69, 9.17) is 4.98 Å². The number of hydrogen-bond donors (Lipinski definition) is 0. The Morgan fingerprint density at radius 2 is 1.64 bits per heavy atom. The van der Waals surface area contributed by atoms with Gasteiger partial charge in [0.15, 0.2) is 6.20 Å². The Balaban J connectivity index is 2.11. The zero-order valence-electron chi connectivity index (χ0n) is 15.9. The van der Waals surface area contributed by atoms with E-state index in [2.05, 4.69) is 88.8 Å². The number of rotatable bonds is 1. The van der Waals surface area contributed by atoms with Crippen molar-refractivity contribution in [2.45, 2.75) is 40.0 Å². The molecule has 2 aromatic heterocycles. The number of pyridine rings is 2. The largest absolute Gasteiger partial charge is 0.257 e. The molecule has 0 bridgehead atoms. The second-order valence-corrected chi connectivity index (χ2v) is 7.85. The van der Waals surface area contributed by atoms with Crippen LogP contribution in [0.2, 0.25) is 0 Å². The second kappa shape index (κ2) is 5.26. The van der Waals surface area contributed by atoms with E-state index in [0.717, 1.165) is 5.69 Å². The molecule has 1 aliphatic rings. The zero-order valence-corrected chi connectivity index (χ0v) is 15.9. The Kier molecular flexibility index (Phi) is 3.37. The maximum absolute atomic E-state index is 4.92. The molecule has 2 heterocycles. The van der Waals surface area contributed by atoms with Crippen molar-refractivity contribution < 1.29 is 4.57 Å². The van der Waals surface area contributed by atoms with E-state index in [1.165, 1.54) is 44.8 Å². The lowest BCUT2D eigenvalue weighted by Crippen LogP contribution is -2.32. The highest BCUT2D eigenvalue weighted by Gasteiger charge is 2.40. The first-order valence-corrected chi connectivity index (χ1v) is 8.90. The Labute approximate surface area is 150 Å². The van der Waals surface area contributed by atoms with Crippen molar-refractivity contribution in [1.82, 2.24) is 4.98 Å². The van der Waals surface area contributed by atoms with Gasteiger partial charge in [0.2, 0.25) is 5.69 Å². The van der Waals surface area contributed by atoms with Gasteiger partial charge >= 0.3 is 0 Å². The van der Waals surface area contributed by atoms with Crippen molar-refractivity contribution in [3.63, 3.8) is 0 Å². The fraction of sp³-hybridized carbons (Fsp3) is 0.304. The Bertz CT molecular complexity index is 1010. The summed E-state index contributed by atoms with van der Waals surface area (Å²) in [5.41, 5.74) is 11.4. The zero-order chi connectivity index (χ0) is 17.9. The van der Waals surface area contributed by atoms with Crippen LogP contribution >= 0.6 is 0 Å². The second-order valence-electron chi connectivity index (χ2n) is 7.85. The van der Waals surface area contributed by atoms with Crippen LogP contribution in [-0.4, -0.2) is 4.98 Å². The molecule has 0 saturated carbocycles. The lowest BCUT2D eigenvalue weighted by atomic mass is 9.80. The lowest BCUT2D eigenvalue weighted by Gasteiger charge is -2.24. The van der Waals surface area contributed by atoms with E-state index < -0.39 is 0 Å². The topological polar surface area (TPSA) is 16.8 Å². The van der Waals surface area contributed by atoms with E-state index in [9.17, 15) is 0 Å². The molecule has 1 aromatic carbocycles.